The fourth-order valence-corrected chi connectivity index (χ4v) is 2.40. The van der Waals surface area contributed by atoms with Crippen molar-refractivity contribution in [1.29, 1.82) is 5.26 Å². The van der Waals surface area contributed by atoms with Gasteiger partial charge in [-0.1, -0.05) is 52.8 Å². The fourth-order valence-electron chi connectivity index (χ4n) is 2.40. The topological polar surface area (TPSA) is 44.1 Å². The van der Waals surface area contributed by atoms with E-state index in [1.807, 2.05) is 24.3 Å². The van der Waals surface area contributed by atoms with Gasteiger partial charge in [-0.25, -0.2) is 0 Å². The van der Waals surface area contributed by atoms with Crippen molar-refractivity contribution < 1.29 is 4.79 Å². The van der Waals surface area contributed by atoms with Crippen LogP contribution in [-0.4, -0.2) is 23.9 Å². The summed E-state index contributed by atoms with van der Waals surface area (Å²) in [6.07, 6.45) is 0.371. The van der Waals surface area contributed by atoms with Gasteiger partial charge in [0, 0.05) is 18.7 Å². The molecule has 0 atom stereocenters. The normalized spacial score (nSPS) is 11.3. The molecule has 0 aromatic heterocycles. The number of nitriles is 1. The summed E-state index contributed by atoms with van der Waals surface area (Å²) in [4.78, 5) is 14.7. The Balaban J connectivity index is 3.12. The van der Waals surface area contributed by atoms with Crippen LogP contribution in [0, 0.1) is 17.2 Å². The SMILES string of the molecule is CC(C)CN(CCC#N)C(=O)c1ccccc1C(C)(C)C. The van der Waals surface area contributed by atoms with Gasteiger partial charge in [0.05, 0.1) is 12.5 Å². The molecule has 114 valence electrons. The Bertz CT molecular complexity index is 521. The summed E-state index contributed by atoms with van der Waals surface area (Å²) in [5.41, 5.74) is 1.73. The van der Waals surface area contributed by atoms with Crippen LogP contribution in [0.5, 0.6) is 0 Å². The summed E-state index contributed by atoms with van der Waals surface area (Å²) >= 11 is 0. The first-order chi connectivity index (χ1) is 9.77. The van der Waals surface area contributed by atoms with Crippen LogP contribution < -0.4 is 0 Å². The van der Waals surface area contributed by atoms with E-state index >= 15 is 0 Å². The average molecular weight is 286 g/mol. The van der Waals surface area contributed by atoms with Gasteiger partial charge in [0.15, 0.2) is 0 Å². The van der Waals surface area contributed by atoms with Crippen LogP contribution in [0.2, 0.25) is 0 Å². The third kappa shape index (κ3) is 4.90. The molecule has 0 heterocycles. The maximum atomic E-state index is 12.9. The largest absolute Gasteiger partial charge is 0.337 e. The van der Waals surface area contributed by atoms with E-state index in [4.69, 9.17) is 5.26 Å². The van der Waals surface area contributed by atoms with E-state index in [1.165, 1.54) is 0 Å². The second-order valence-electron chi connectivity index (χ2n) is 6.85. The Morgan fingerprint density at radius 3 is 2.43 bits per heavy atom. The zero-order chi connectivity index (χ0) is 16.0. The molecule has 1 amide bonds. The molecule has 3 heteroatoms. The molecule has 0 aliphatic carbocycles. The molecule has 1 aromatic rings. The highest BCUT2D eigenvalue weighted by atomic mass is 16.2. The van der Waals surface area contributed by atoms with Crippen LogP contribution in [0.25, 0.3) is 0 Å². The van der Waals surface area contributed by atoms with Gasteiger partial charge in [0.2, 0.25) is 0 Å². The Kier molecular flexibility index (Phi) is 5.96. The van der Waals surface area contributed by atoms with E-state index in [0.717, 1.165) is 11.1 Å². The van der Waals surface area contributed by atoms with E-state index in [1.54, 1.807) is 4.90 Å². The molecule has 21 heavy (non-hydrogen) atoms. The van der Waals surface area contributed by atoms with Crippen LogP contribution in [-0.2, 0) is 5.41 Å². The molecule has 0 saturated heterocycles. The molecule has 0 saturated carbocycles. The van der Waals surface area contributed by atoms with E-state index in [9.17, 15) is 4.79 Å². The Hall–Kier alpha value is -1.82. The van der Waals surface area contributed by atoms with Gasteiger partial charge in [-0.05, 0) is 23.0 Å². The molecular weight excluding hydrogens is 260 g/mol. The van der Waals surface area contributed by atoms with Crippen molar-refractivity contribution in [3.63, 3.8) is 0 Å². The molecule has 0 aliphatic heterocycles. The average Bonchev–Trinajstić information content (AvgIpc) is 2.41. The lowest BCUT2D eigenvalue weighted by Crippen LogP contribution is -2.36. The van der Waals surface area contributed by atoms with E-state index < -0.39 is 0 Å². The smallest absolute Gasteiger partial charge is 0.254 e. The van der Waals surface area contributed by atoms with Gasteiger partial charge in [0.25, 0.3) is 5.91 Å². The number of hydrogen-bond donors (Lipinski definition) is 0. The Labute approximate surface area is 128 Å². The summed E-state index contributed by atoms with van der Waals surface area (Å²) in [7, 11) is 0. The number of carbonyl (C=O) groups excluding carboxylic acids is 1. The highest BCUT2D eigenvalue weighted by Crippen LogP contribution is 2.26. The van der Waals surface area contributed by atoms with Gasteiger partial charge in [0.1, 0.15) is 0 Å². The summed E-state index contributed by atoms with van der Waals surface area (Å²) in [5, 5.41) is 8.80. The molecule has 0 bridgehead atoms. The molecule has 0 radical (unpaired) electrons. The van der Waals surface area contributed by atoms with Gasteiger partial charge < -0.3 is 4.90 Å². The number of carbonyl (C=O) groups is 1. The van der Waals surface area contributed by atoms with Crippen molar-refractivity contribution in [1.82, 2.24) is 4.90 Å². The molecular formula is C18H26N2O. The van der Waals surface area contributed by atoms with Gasteiger partial charge in [-0.15, -0.1) is 0 Å². The molecule has 0 fully saturated rings. The minimum absolute atomic E-state index is 0.0319. The van der Waals surface area contributed by atoms with Gasteiger partial charge >= 0.3 is 0 Å². The first kappa shape index (κ1) is 17.2. The number of benzene rings is 1. The van der Waals surface area contributed by atoms with E-state index in [0.29, 0.717) is 25.4 Å². The van der Waals surface area contributed by atoms with Crippen molar-refractivity contribution >= 4 is 5.91 Å². The molecule has 0 spiro atoms. The number of amides is 1. The summed E-state index contributed by atoms with van der Waals surface area (Å²) in [5.74, 6) is 0.416. The van der Waals surface area contributed by atoms with Crippen molar-refractivity contribution in [2.45, 2.75) is 46.5 Å². The van der Waals surface area contributed by atoms with Crippen LogP contribution >= 0.6 is 0 Å². The van der Waals surface area contributed by atoms with Crippen LogP contribution in [0.1, 0.15) is 57.0 Å². The van der Waals surface area contributed by atoms with Gasteiger partial charge in [-0.2, -0.15) is 5.26 Å². The standard InChI is InChI=1S/C18H26N2O/c1-14(2)13-20(12-8-11-19)17(21)15-9-6-7-10-16(15)18(3,4)5/h6-7,9-10,14H,8,12-13H2,1-5H3. The summed E-state index contributed by atoms with van der Waals surface area (Å²) in [6.45, 7) is 11.7. The molecule has 3 nitrogen and oxygen atoms in total. The third-order valence-corrected chi connectivity index (χ3v) is 3.33. The van der Waals surface area contributed by atoms with Crippen LogP contribution in [0.4, 0.5) is 0 Å². The Morgan fingerprint density at radius 1 is 1.29 bits per heavy atom. The lowest BCUT2D eigenvalue weighted by molar-refractivity contribution is 0.0737. The van der Waals surface area contributed by atoms with Crippen LogP contribution in [0.3, 0.4) is 0 Å². The lowest BCUT2D eigenvalue weighted by Gasteiger charge is -2.28. The molecule has 0 N–H and O–H groups in total. The van der Waals surface area contributed by atoms with E-state index in [-0.39, 0.29) is 11.3 Å². The number of hydrogen-bond acceptors (Lipinski definition) is 2. The van der Waals surface area contributed by atoms with Crippen molar-refractivity contribution in [2.75, 3.05) is 13.1 Å². The summed E-state index contributed by atoms with van der Waals surface area (Å²) in [6, 6.07) is 9.91. The van der Waals surface area contributed by atoms with Crippen molar-refractivity contribution in [2.24, 2.45) is 5.92 Å². The zero-order valence-corrected chi connectivity index (χ0v) is 13.8. The second kappa shape index (κ2) is 7.26. The quantitative estimate of drug-likeness (QED) is 0.821. The maximum absolute atomic E-state index is 12.9. The molecule has 1 rings (SSSR count). The first-order valence-electron chi connectivity index (χ1n) is 7.53. The first-order valence-corrected chi connectivity index (χ1v) is 7.53. The summed E-state index contributed by atoms with van der Waals surface area (Å²) < 4.78 is 0. The van der Waals surface area contributed by atoms with Crippen molar-refractivity contribution in [3.8, 4) is 6.07 Å². The molecule has 0 unspecified atom stereocenters. The molecule has 0 aliphatic rings. The monoisotopic (exact) mass is 286 g/mol. The number of nitrogens with zero attached hydrogens (tertiary/aromatic N) is 2. The second-order valence-corrected chi connectivity index (χ2v) is 6.85. The highest BCUT2D eigenvalue weighted by Gasteiger charge is 2.24. The third-order valence-electron chi connectivity index (χ3n) is 3.33. The highest BCUT2D eigenvalue weighted by molar-refractivity contribution is 5.96. The van der Waals surface area contributed by atoms with E-state index in [2.05, 4.69) is 40.7 Å². The van der Waals surface area contributed by atoms with Crippen LogP contribution in [0.15, 0.2) is 24.3 Å². The predicted octanol–water partition coefficient (Wildman–Crippen LogP) is 4.00. The zero-order valence-electron chi connectivity index (χ0n) is 13.8. The number of rotatable bonds is 5. The minimum atomic E-state index is -0.0784. The predicted molar refractivity (Wildman–Crippen MR) is 86.1 cm³/mol. The maximum Gasteiger partial charge on any atom is 0.254 e. The fraction of sp³-hybridized carbons (Fsp3) is 0.556. The Morgan fingerprint density at radius 2 is 1.90 bits per heavy atom. The molecule has 1 aromatic carbocycles. The van der Waals surface area contributed by atoms with Gasteiger partial charge in [-0.3, -0.25) is 4.79 Å². The minimum Gasteiger partial charge on any atom is -0.337 e. The lowest BCUT2D eigenvalue weighted by atomic mass is 9.83. The van der Waals surface area contributed by atoms with Crippen molar-refractivity contribution in [3.05, 3.63) is 35.4 Å².